The van der Waals surface area contributed by atoms with Crippen molar-refractivity contribution in [3.05, 3.63) is 95.6 Å². The molecule has 0 amide bonds. The van der Waals surface area contributed by atoms with E-state index in [9.17, 15) is 12.8 Å². The Hall–Kier alpha value is -3.25. The molecule has 4 nitrogen and oxygen atoms in total. The van der Waals surface area contributed by atoms with Gasteiger partial charge in [0.15, 0.2) is 22.0 Å². The van der Waals surface area contributed by atoms with Crippen molar-refractivity contribution in [1.82, 2.24) is 4.98 Å². The van der Waals surface area contributed by atoms with Gasteiger partial charge in [0.2, 0.25) is 0 Å². The zero-order valence-corrected chi connectivity index (χ0v) is 17.4. The number of rotatable bonds is 5. The number of aryl methyl sites for hydroxylation is 1. The van der Waals surface area contributed by atoms with Gasteiger partial charge in [-0.25, -0.2) is 17.8 Å². The van der Waals surface area contributed by atoms with Crippen molar-refractivity contribution in [2.75, 3.05) is 6.26 Å². The molecule has 1 heterocycles. The van der Waals surface area contributed by atoms with Crippen molar-refractivity contribution >= 4 is 9.84 Å². The molecule has 0 saturated heterocycles. The van der Waals surface area contributed by atoms with Crippen LogP contribution in [0, 0.1) is 12.7 Å². The molecule has 0 atom stereocenters. The van der Waals surface area contributed by atoms with Crippen LogP contribution >= 0.6 is 0 Å². The van der Waals surface area contributed by atoms with E-state index >= 15 is 0 Å². The average Bonchev–Trinajstić information content (AvgIpc) is 3.17. The summed E-state index contributed by atoms with van der Waals surface area (Å²) in [4.78, 5) is 4.59. The second-order valence-corrected chi connectivity index (χ2v) is 9.26. The van der Waals surface area contributed by atoms with Gasteiger partial charge in [-0.1, -0.05) is 42.5 Å². The molecule has 0 aliphatic carbocycles. The molecule has 30 heavy (non-hydrogen) atoms. The van der Waals surface area contributed by atoms with Crippen LogP contribution < -0.4 is 0 Å². The second kappa shape index (κ2) is 7.88. The number of halogens is 1. The molecule has 0 fully saturated rings. The SMILES string of the molecule is Cc1cc(F)cc(Cc2ccccc2)c1-c1ocnc1-c1ccc(S(C)(=O)=O)cc1. The Morgan fingerprint density at radius 1 is 1.00 bits per heavy atom. The van der Waals surface area contributed by atoms with Gasteiger partial charge in [0.1, 0.15) is 11.5 Å². The molecule has 0 N–H and O–H groups in total. The Morgan fingerprint density at radius 3 is 2.37 bits per heavy atom. The summed E-state index contributed by atoms with van der Waals surface area (Å²) in [6.45, 7) is 1.84. The summed E-state index contributed by atoms with van der Waals surface area (Å²) in [6.07, 6.45) is 3.06. The highest BCUT2D eigenvalue weighted by Crippen LogP contribution is 2.37. The van der Waals surface area contributed by atoms with Crippen molar-refractivity contribution in [1.29, 1.82) is 0 Å². The van der Waals surface area contributed by atoms with Crippen molar-refractivity contribution in [3.63, 3.8) is 0 Å². The largest absolute Gasteiger partial charge is 0.443 e. The number of aromatic nitrogens is 1. The third-order valence-corrected chi connectivity index (χ3v) is 6.10. The molecule has 3 aromatic carbocycles. The minimum absolute atomic E-state index is 0.235. The lowest BCUT2D eigenvalue weighted by Gasteiger charge is -2.13. The maximum atomic E-state index is 14.2. The lowest BCUT2D eigenvalue weighted by Crippen LogP contribution is -1.98. The smallest absolute Gasteiger partial charge is 0.182 e. The summed E-state index contributed by atoms with van der Waals surface area (Å²) < 4.78 is 43.5. The minimum Gasteiger partial charge on any atom is -0.443 e. The molecule has 6 heteroatoms. The summed E-state index contributed by atoms with van der Waals surface area (Å²) in [5.74, 6) is 0.228. The Kier molecular flexibility index (Phi) is 5.26. The van der Waals surface area contributed by atoms with Crippen molar-refractivity contribution < 1.29 is 17.2 Å². The minimum atomic E-state index is -3.29. The van der Waals surface area contributed by atoms with E-state index in [2.05, 4.69) is 4.98 Å². The first kappa shape index (κ1) is 20.0. The molecule has 0 aliphatic rings. The summed E-state index contributed by atoms with van der Waals surface area (Å²) in [5.41, 5.74) is 4.69. The van der Waals surface area contributed by atoms with Crippen LogP contribution in [-0.4, -0.2) is 19.7 Å². The van der Waals surface area contributed by atoms with Gasteiger partial charge in [-0.05, 0) is 54.3 Å². The standard InChI is InChI=1S/C24H20FNO3S/c1-16-12-20(25)14-19(13-17-6-4-3-5-7-17)22(16)24-23(26-15-29-24)18-8-10-21(11-9-18)30(2,27)28/h3-12,14-15H,13H2,1-2H3. The van der Waals surface area contributed by atoms with Crippen molar-refractivity contribution in [3.8, 4) is 22.6 Å². The van der Waals surface area contributed by atoms with Gasteiger partial charge in [-0.2, -0.15) is 0 Å². The van der Waals surface area contributed by atoms with Crippen LogP contribution in [0.3, 0.4) is 0 Å². The highest BCUT2D eigenvalue weighted by atomic mass is 32.2. The quantitative estimate of drug-likeness (QED) is 0.430. The predicted molar refractivity (Wildman–Crippen MR) is 114 cm³/mol. The lowest BCUT2D eigenvalue weighted by molar-refractivity contribution is 0.570. The molecule has 0 unspecified atom stereocenters. The molecule has 4 aromatic rings. The number of nitrogens with zero attached hydrogens (tertiary/aromatic N) is 1. The summed E-state index contributed by atoms with van der Waals surface area (Å²) in [6, 6.07) is 19.3. The molecule has 0 radical (unpaired) electrons. The molecule has 0 bridgehead atoms. The van der Waals surface area contributed by atoms with Gasteiger partial charge >= 0.3 is 0 Å². The van der Waals surface area contributed by atoms with Crippen molar-refractivity contribution in [2.45, 2.75) is 18.2 Å². The van der Waals surface area contributed by atoms with Gasteiger partial charge in [0.05, 0.1) is 4.90 Å². The fourth-order valence-corrected chi connectivity index (χ4v) is 4.21. The Morgan fingerprint density at radius 2 is 1.70 bits per heavy atom. The van der Waals surface area contributed by atoms with E-state index < -0.39 is 9.84 Å². The van der Waals surface area contributed by atoms with Crippen molar-refractivity contribution in [2.24, 2.45) is 0 Å². The van der Waals surface area contributed by atoms with E-state index in [0.717, 1.165) is 27.8 Å². The average molecular weight is 421 g/mol. The van der Waals surface area contributed by atoms with Crippen LogP contribution in [0.5, 0.6) is 0 Å². The van der Waals surface area contributed by atoms with Crippen LogP contribution in [0.15, 0.2) is 82.4 Å². The van der Waals surface area contributed by atoms with Crippen LogP contribution in [-0.2, 0) is 16.3 Å². The van der Waals surface area contributed by atoms with Gasteiger partial charge < -0.3 is 4.42 Å². The molecule has 1 aromatic heterocycles. The number of oxazole rings is 1. The molecule has 0 saturated carbocycles. The summed E-state index contributed by atoms with van der Waals surface area (Å²) in [5, 5.41) is 0. The highest BCUT2D eigenvalue weighted by Gasteiger charge is 2.20. The van der Waals surface area contributed by atoms with E-state index in [4.69, 9.17) is 4.42 Å². The number of sulfone groups is 1. The van der Waals surface area contributed by atoms with Gasteiger partial charge in [0.25, 0.3) is 0 Å². The third kappa shape index (κ3) is 4.04. The van der Waals surface area contributed by atoms with Crippen LogP contribution in [0.1, 0.15) is 16.7 Å². The van der Waals surface area contributed by atoms with E-state index in [1.54, 1.807) is 24.3 Å². The normalized spacial score (nSPS) is 11.6. The Balaban J connectivity index is 1.82. The molecule has 0 aliphatic heterocycles. The summed E-state index contributed by atoms with van der Waals surface area (Å²) >= 11 is 0. The maximum absolute atomic E-state index is 14.2. The predicted octanol–water partition coefficient (Wildman–Crippen LogP) is 5.45. The Bertz CT molecular complexity index is 1290. The number of hydrogen-bond donors (Lipinski definition) is 0. The first-order chi connectivity index (χ1) is 14.3. The number of benzene rings is 3. The number of hydrogen-bond acceptors (Lipinski definition) is 4. The van der Waals surface area contributed by atoms with Gasteiger partial charge in [-0.15, -0.1) is 0 Å². The van der Waals surface area contributed by atoms with Crippen LogP contribution in [0.4, 0.5) is 4.39 Å². The maximum Gasteiger partial charge on any atom is 0.182 e. The lowest BCUT2D eigenvalue weighted by atomic mass is 9.92. The van der Waals surface area contributed by atoms with E-state index in [1.807, 2.05) is 37.3 Å². The molecule has 152 valence electrons. The first-order valence-corrected chi connectivity index (χ1v) is 11.3. The molecular formula is C24H20FNO3S. The van der Waals surface area contributed by atoms with Crippen LogP contribution in [0.2, 0.25) is 0 Å². The van der Waals surface area contributed by atoms with E-state index in [1.165, 1.54) is 24.8 Å². The first-order valence-electron chi connectivity index (χ1n) is 9.40. The second-order valence-electron chi connectivity index (χ2n) is 7.25. The van der Waals surface area contributed by atoms with Crippen LogP contribution in [0.25, 0.3) is 22.6 Å². The topological polar surface area (TPSA) is 60.2 Å². The monoisotopic (exact) mass is 421 g/mol. The zero-order valence-electron chi connectivity index (χ0n) is 16.6. The third-order valence-electron chi connectivity index (χ3n) is 4.97. The highest BCUT2D eigenvalue weighted by molar-refractivity contribution is 7.90. The van der Waals surface area contributed by atoms with Gasteiger partial charge in [0, 0.05) is 17.4 Å². The molecular weight excluding hydrogens is 401 g/mol. The molecule has 4 rings (SSSR count). The van der Waals surface area contributed by atoms with E-state index in [-0.39, 0.29) is 10.7 Å². The fraction of sp³-hybridized carbons (Fsp3) is 0.125. The molecule has 0 spiro atoms. The van der Waals surface area contributed by atoms with Gasteiger partial charge in [-0.3, -0.25) is 0 Å². The summed E-state index contributed by atoms with van der Waals surface area (Å²) in [7, 11) is -3.29. The fourth-order valence-electron chi connectivity index (χ4n) is 3.58. The Labute approximate surface area is 175 Å². The van der Waals surface area contributed by atoms with E-state index in [0.29, 0.717) is 17.9 Å². The zero-order chi connectivity index (χ0) is 21.3.